The zero-order chi connectivity index (χ0) is 9.03. The van der Waals surface area contributed by atoms with Crippen LogP contribution in [0.15, 0.2) is 0 Å². The van der Waals surface area contributed by atoms with Gasteiger partial charge in [-0.1, -0.05) is 13.3 Å². The summed E-state index contributed by atoms with van der Waals surface area (Å²) in [7, 11) is 0. The number of nitrogens with two attached hydrogens (primary N) is 1. The fraction of sp³-hybridized carbons (Fsp3) is 1.00. The van der Waals surface area contributed by atoms with Crippen LogP contribution in [0.25, 0.3) is 0 Å². The topological polar surface area (TPSA) is 38.0 Å². The second-order valence-corrected chi connectivity index (χ2v) is 4.32. The van der Waals surface area contributed by atoms with Gasteiger partial charge < -0.3 is 11.1 Å². The molecule has 0 saturated heterocycles. The summed E-state index contributed by atoms with van der Waals surface area (Å²) in [5.41, 5.74) is 6.37. The number of hydrogen-bond acceptors (Lipinski definition) is 2. The minimum absolute atomic E-state index is 0.407. The lowest BCUT2D eigenvalue weighted by molar-refractivity contribution is 0.478. The van der Waals surface area contributed by atoms with E-state index < -0.39 is 0 Å². The maximum Gasteiger partial charge on any atom is 0.0154 e. The lowest BCUT2D eigenvalue weighted by Crippen LogP contribution is -2.33. The van der Waals surface area contributed by atoms with Crippen molar-refractivity contribution in [3.05, 3.63) is 0 Å². The van der Waals surface area contributed by atoms with Crippen LogP contribution in [0.2, 0.25) is 0 Å². The first-order valence-electron chi connectivity index (χ1n) is 5.17. The normalized spacial score (nSPS) is 22.2. The van der Waals surface area contributed by atoms with Gasteiger partial charge in [0.05, 0.1) is 0 Å². The Morgan fingerprint density at radius 2 is 2.08 bits per heavy atom. The van der Waals surface area contributed by atoms with Gasteiger partial charge in [0.1, 0.15) is 0 Å². The van der Waals surface area contributed by atoms with Crippen LogP contribution >= 0.6 is 0 Å². The van der Waals surface area contributed by atoms with Crippen LogP contribution in [0.3, 0.4) is 0 Å². The molecule has 0 amide bonds. The highest BCUT2D eigenvalue weighted by Crippen LogP contribution is 2.33. The third-order valence-corrected chi connectivity index (χ3v) is 2.73. The quantitative estimate of drug-likeness (QED) is 0.636. The van der Waals surface area contributed by atoms with Crippen LogP contribution in [0.1, 0.15) is 46.0 Å². The SMILES string of the molecule is CCCC(N)CCNC1(C)CC1. The molecule has 0 aromatic rings. The molecule has 2 heteroatoms. The smallest absolute Gasteiger partial charge is 0.0154 e. The molecule has 0 heterocycles. The van der Waals surface area contributed by atoms with E-state index in [2.05, 4.69) is 19.2 Å². The van der Waals surface area contributed by atoms with Crippen molar-refractivity contribution in [3.63, 3.8) is 0 Å². The molecule has 0 bridgehead atoms. The highest BCUT2D eigenvalue weighted by Gasteiger charge is 2.36. The van der Waals surface area contributed by atoms with Gasteiger partial charge in [0.15, 0.2) is 0 Å². The molecule has 0 aromatic carbocycles. The molecule has 1 unspecified atom stereocenters. The minimum atomic E-state index is 0.407. The second kappa shape index (κ2) is 4.24. The van der Waals surface area contributed by atoms with Crippen molar-refractivity contribution in [2.75, 3.05) is 6.54 Å². The zero-order valence-corrected chi connectivity index (χ0v) is 8.40. The molecule has 0 aliphatic heterocycles. The van der Waals surface area contributed by atoms with Crippen LogP contribution in [0.5, 0.6) is 0 Å². The monoisotopic (exact) mass is 170 g/mol. The van der Waals surface area contributed by atoms with E-state index in [1.807, 2.05) is 0 Å². The standard InChI is InChI=1S/C10H22N2/c1-3-4-9(11)5-8-12-10(2)6-7-10/h9,12H,3-8,11H2,1-2H3. The van der Waals surface area contributed by atoms with Gasteiger partial charge in [0, 0.05) is 11.6 Å². The Balaban J connectivity index is 1.94. The first-order chi connectivity index (χ1) is 5.66. The Kier molecular flexibility index (Phi) is 3.53. The van der Waals surface area contributed by atoms with Gasteiger partial charge in [0.25, 0.3) is 0 Å². The molecule has 1 aliphatic carbocycles. The van der Waals surface area contributed by atoms with Crippen LogP contribution < -0.4 is 11.1 Å². The summed E-state index contributed by atoms with van der Waals surface area (Å²) in [6.45, 7) is 5.57. The summed E-state index contributed by atoms with van der Waals surface area (Å²) in [4.78, 5) is 0. The molecule has 12 heavy (non-hydrogen) atoms. The maximum absolute atomic E-state index is 5.89. The minimum Gasteiger partial charge on any atom is -0.328 e. The average Bonchev–Trinajstić information content (AvgIpc) is 2.69. The van der Waals surface area contributed by atoms with Crippen molar-refractivity contribution in [2.24, 2.45) is 5.73 Å². The van der Waals surface area contributed by atoms with Gasteiger partial charge in [-0.15, -0.1) is 0 Å². The number of nitrogens with one attached hydrogen (secondary N) is 1. The van der Waals surface area contributed by atoms with Gasteiger partial charge >= 0.3 is 0 Å². The molecule has 0 radical (unpaired) electrons. The second-order valence-electron chi connectivity index (χ2n) is 4.32. The summed E-state index contributed by atoms with van der Waals surface area (Å²) < 4.78 is 0. The Bertz CT molecular complexity index is 130. The van der Waals surface area contributed by atoms with E-state index in [0.717, 1.165) is 13.0 Å². The highest BCUT2D eigenvalue weighted by molar-refractivity contribution is 4.97. The van der Waals surface area contributed by atoms with Crippen LogP contribution in [0.4, 0.5) is 0 Å². The van der Waals surface area contributed by atoms with Crippen molar-refractivity contribution in [2.45, 2.75) is 57.5 Å². The summed E-state index contributed by atoms with van der Waals surface area (Å²) in [6, 6.07) is 0.407. The third kappa shape index (κ3) is 3.55. The van der Waals surface area contributed by atoms with E-state index in [4.69, 9.17) is 5.73 Å². The predicted molar refractivity (Wildman–Crippen MR) is 53.1 cm³/mol. The van der Waals surface area contributed by atoms with Crippen molar-refractivity contribution in [3.8, 4) is 0 Å². The third-order valence-electron chi connectivity index (χ3n) is 2.73. The molecular weight excluding hydrogens is 148 g/mol. The fourth-order valence-corrected chi connectivity index (χ4v) is 1.44. The van der Waals surface area contributed by atoms with Crippen molar-refractivity contribution < 1.29 is 0 Å². The largest absolute Gasteiger partial charge is 0.328 e. The first-order valence-corrected chi connectivity index (χ1v) is 5.17. The summed E-state index contributed by atoms with van der Waals surface area (Å²) in [6.07, 6.45) is 6.19. The Morgan fingerprint density at radius 1 is 1.42 bits per heavy atom. The molecule has 1 atom stereocenters. The Labute approximate surface area is 75.9 Å². The Morgan fingerprint density at radius 3 is 2.58 bits per heavy atom. The van der Waals surface area contributed by atoms with Gasteiger partial charge in [0.2, 0.25) is 0 Å². The van der Waals surface area contributed by atoms with E-state index in [1.54, 1.807) is 0 Å². The van der Waals surface area contributed by atoms with E-state index >= 15 is 0 Å². The van der Waals surface area contributed by atoms with E-state index in [0.29, 0.717) is 11.6 Å². The molecule has 3 N–H and O–H groups in total. The van der Waals surface area contributed by atoms with Gasteiger partial charge in [-0.3, -0.25) is 0 Å². The summed E-state index contributed by atoms with van der Waals surface area (Å²) >= 11 is 0. The molecule has 1 fully saturated rings. The van der Waals surface area contributed by atoms with Gasteiger partial charge in [-0.2, -0.15) is 0 Å². The average molecular weight is 170 g/mol. The molecule has 1 rings (SSSR count). The fourth-order valence-electron chi connectivity index (χ4n) is 1.44. The maximum atomic E-state index is 5.89. The number of hydrogen-bond donors (Lipinski definition) is 2. The molecule has 2 nitrogen and oxygen atoms in total. The van der Waals surface area contributed by atoms with Crippen LogP contribution in [0, 0.1) is 0 Å². The highest BCUT2D eigenvalue weighted by atomic mass is 15.0. The van der Waals surface area contributed by atoms with E-state index in [-0.39, 0.29) is 0 Å². The molecule has 72 valence electrons. The summed E-state index contributed by atoms with van der Waals surface area (Å²) in [5, 5.41) is 3.54. The lowest BCUT2D eigenvalue weighted by atomic mass is 10.1. The van der Waals surface area contributed by atoms with Crippen LogP contribution in [-0.4, -0.2) is 18.1 Å². The van der Waals surface area contributed by atoms with Crippen molar-refractivity contribution in [1.29, 1.82) is 0 Å². The molecule has 1 aliphatic rings. The predicted octanol–water partition coefficient (Wildman–Crippen LogP) is 1.65. The zero-order valence-electron chi connectivity index (χ0n) is 8.40. The van der Waals surface area contributed by atoms with Crippen molar-refractivity contribution >= 4 is 0 Å². The van der Waals surface area contributed by atoms with E-state index in [1.165, 1.54) is 25.7 Å². The van der Waals surface area contributed by atoms with Crippen LogP contribution in [-0.2, 0) is 0 Å². The van der Waals surface area contributed by atoms with Gasteiger partial charge in [-0.05, 0) is 39.2 Å². The van der Waals surface area contributed by atoms with Crippen molar-refractivity contribution in [1.82, 2.24) is 5.32 Å². The van der Waals surface area contributed by atoms with Gasteiger partial charge in [-0.25, -0.2) is 0 Å². The molecule has 1 saturated carbocycles. The summed E-state index contributed by atoms with van der Waals surface area (Å²) in [5.74, 6) is 0. The number of rotatable bonds is 6. The van der Waals surface area contributed by atoms with E-state index in [9.17, 15) is 0 Å². The molecular formula is C10H22N2. The lowest BCUT2D eigenvalue weighted by Gasteiger charge is -2.14. The first kappa shape index (κ1) is 10.0. The molecule has 0 spiro atoms. The molecule has 0 aromatic heterocycles. The Hall–Kier alpha value is -0.0800.